The van der Waals surface area contributed by atoms with E-state index in [4.69, 9.17) is 14.7 Å². The average Bonchev–Trinajstić information content (AvgIpc) is 3.73. The van der Waals surface area contributed by atoms with Crippen LogP contribution in [0.3, 0.4) is 0 Å². The second-order valence-electron chi connectivity index (χ2n) is 18.9. The SMILES string of the molecule is CCc1ccc2c(c1)c1cccnc1n2-c1[c-]c(Oc2[c-]c(C3=N[C@]4(C)c5ccccc5C[C@]4(C)N3c3c(C(C)C)cccc3C(C)C)cc(C(C)(C)C)c2)cc(C)c1.[Pt+2]. The number of rotatable bonds is 8. The molecule has 0 N–H and O–H groups in total. The van der Waals surface area contributed by atoms with Gasteiger partial charge in [0.2, 0.25) is 0 Å². The molecule has 2 atom stereocenters. The first-order valence-corrected chi connectivity index (χ1v) is 21.4. The van der Waals surface area contributed by atoms with E-state index in [1.54, 1.807) is 0 Å². The van der Waals surface area contributed by atoms with Gasteiger partial charge in [0.15, 0.2) is 0 Å². The van der Waals surface area contributed by atoms with Crippen molar-refractivity contribution in [1.82, 2.24) is 9.55 Å². The number of aliphatic imine (C=N–C) groups is 1. The van der Waals surface area contributed by atoms with Crippen molar-refractivity contribution in [3.05, 3.63) is 160 Å². The topological polar surface area (TPSA) is 42.6 Å². The Balaban J connectivity index is 0.00000499. The van der Waals surface area contributed by atoms with Gasteiger partial charge in [0.05, 0.1) is 22.4 Å². The van der Waals surface area contributed by atoms with E-state index in [1.807, 2.05) is 12.3 Å². The quantitative estimate of drug-likeness (QED) is 0.143. The number of nitrogens with zero attached hydrogens (tertiary/aromatic N) is 4. The van der Waals surface area contributed by atoms with E-state index in [2.05, 4.69) is 189 Å². The molecule has 1 aliphatic carbocycles. The Bertz CT molecular complexity index is 2800. The number of anilines is 1. The number of benzene rings is 5. The first-order chi connectivity index (χ1) is 28.1. The van der Waals surface area contributed by atoms with Crippen LogP contribution in [0, 0.1) is 19.1 Å². The molecule has 1 aliphatic heterocycles. The van der Waals surface area contributed by atoms with Gasteiger partial charge >= 0.3 is 21.1 Å². The molecule has 308 valence electrons. The van der Waals surface area contributed by atoms with Crippen LogP contribution in [0.4, 0.5) is 5.69 Å². The van der Waals surface area contributed by atoms with Gasteiger partial charge in [-0.05, 0) is 96.0 Å². The Hall–Kier alpha value is -4.99. The van der Waals surface area contributed by atoms with Crippen molar-refractivity contribution >= 4 is 33.5 Å². The molecule has 6 heteroatoms. The fraction of sp³-hybridized carbons (Fsp3) is 0.333. The van der Waals surface area contributed by atoms with Crippen LogP contribution >= 0.6 is 0 Å². The predicted octanol–water partition coefficient (Wildman–Crippen LogP) is 13.5. The second-order valence-corrected chi connectivity index (χ2v) is 18.9. The van der Waals surface area contributed by atoms with Crippen LogP contribution in [-0.4, -0.2) is 20.9 Å². The molecular weight excluding hydrogens is 916 g/mol. The summed E-state index contributed by atoms with van der Waals surface area (Å²) in [5, 5.41) is 2.32. The number of hydrogen-bond donors (Lipinski definition) is 0. The largest absolute Gasteiger partial charge is 2.00 e. The average molecular weight is 972 g/mol. The molecule has 0 unspecified atom stereocenters. The molecule has 5 aromatic carbocycles. The van der Waals surface area contributed by atoms with Crippen LogP contribution < -0.4 is 9.64 Å². The summed E-state index contributed by atoms with van der Waals surface area (Å²) >= 11 is 0. The van der Waals surface area contributed by atoms with Crippen LogP contribution in [0.5, 0.6) is 11.5 Å². The minimum Gasteiger partial charge on any atom is -0.503 e. The summed E-state index contributed by atoms with van der Waals surface area (Å²) in [5.74, 6) is 2.85. The van der Waals surface area contributed by atoms with Crippen molar-refractivity contribution in [2.24, 2.45) is 4.99 Å². The molecule has 0 saturated heterocycles. The first-order valence-electron chi connectivity index (χ1n) is 21.4. The molecule has 5 nitrogen and oxygen atoms in total. The molecule has 0 amide bonds. The summed E-state index contributed by atoms with van der Waals surface area (Å²) in [7, 11) is 0. The number of amidine groups is 1. The van der Waals surface area contributed by atoms with Gasteiger partial charge in [-0.25, -0.2) is 4.98 Å². The summed E-state index contributed by atoms with van der Waals surface area (Å²) in [6.45, 7) is 25.1. The van der Waals surface area contributed by atoms with Crippen LogP contribution in [-0.2, 0) is 44.9 Å². The fourth-order valence-electron chi connectivity index (χ4n) is 9.72. The molecule has 0 radical (unpaired) electrons. The number of ether oxygens (including phenoxy) is 1. The molecule has 7 aromatic rings. The van der Waals surface area contributed by atoms with E-state index >= 15 is 0 Å². The van der Waals surface area contributed by atoms with Crippen LogP contribution in [0.1, 0.15) is 126 Å². The van der Waals surface area contributed by atoms with Crippen LogP contribution in [0.2, 0.25) is 0 Å². The van der Waals surface area contributed by atoms with Gasteiger partial charge < -0.3 is 19.2 Å². The second kappa shape index (κ2) is 15.2. The predicted molar refractivity (Wildman–Crippen MR) is 245 cm³/mol. The number of hydrogen-bond acceptors (Lipinski definition) is 4. The zero-order valence-electron chi connectivity index (χ0n) is 36.9. The van der Waals surface area contributed by atoms with Crippen molar-refractivity contribution < 1.29 is 25.8 Å². The van der Waals surface area contributed by atoms with Gasteiger partial charge in [-0.1, -0.05) is 129 Å². The van der Waals surface area contributed by atoms with Crippen molar-refractivity contribution in [2.75, 3.05) is 4.90 Å². The van der Waals surface area contributed by atoms with Gasteiger partial charge in [-0.3, -0.25) is 0 Å². The fourth-order valence-corrected chi connectivity index (χ4v) is 9.72. The number of para-hydroxylation sites is 1. The molecule has 2 aliphatic rings. The molecular formula is C54H56N4OPt. The smallest absolute Gasteiger partial charge is 0.503 e. The van der Waals surface area contributed by atoms with Gasteiger partial charge in [-0.2, -0.15) is 5.56 Å². The Morgan fingerprint density at radius 1 is 0.800 bits per heavy atom. The summed E-state index contributed by atoms with van der Waals surface area (Å²) < 4.78 is 9.16. The number of aryl methyl sites for hydroxylation is 2. The van der Waals surface area contributed by atoms with E-state index in [0.29, 0.717) is 23.3 Å². The van der Waals surface area contributed by atoms with E-state index in [1.165, 1.54) is 38.9 Å². The Morgan fingerprint density at radius 2 is 1.52 bits per heavy atom. The van der Waals surface area contributed by atoms with Crippen molar-refractivity contribution in [3.63, 3.8) is 0 Å². The third kappa shape index (κ3) is 6.63. The van der Waals surface area contributed by atoms with Crippen LogP contribution in [0.15, 0.2) is 108 Å². The van der Waals surface area contributed by atoms with E-state index < -0.39 is 5.54 Å². The van der Waals surface area contributed by atoms with Gasteiger partial charge in [0, 0.05) is 34.2 Å². The monoisotopic (exact) mass is 971 g/mol. The zero-order valence-corrected chi connectivity index (χ0v) is 39.2. The molecule has 2 aromatic heterocycles. The summed E-state index contributed by atoms with van der Waals surface area (Å²) in [6, 6.07) is 42.8. The Kier molecular flexibility index (Phi) is 10.6. The standard InChI is InChI=1S/C54H56N4O.Pt/c1-12-36-22-23-48-46(27-36)45-20-16-24-55-51(45)57(48)40-25-35(6)26-41(31-40)59-42-29-38(28-39(30-42)52(7,8)9)50-56-54(11)47-21-14-13-17-37(47)32-53(54,10)58(50)49-43(33(2)3)18-15-19-44(49)34(4)5;/h13-28,30,33-34H,12,32H2,1-11H3;/q-2;+2/t53-,54+;/m0./s1. The number of pyridine rings is 1. The summed E-state index contributed by atoms with van der Waals surface area (Å²) in [4.78, 5) is 13.4. The van der Waals surface area contributed by atoms with Gasteiger partial charge in [0.25, 0.3) is 0 Å². The minimum atomic E-state index is -0.489. The third-order valence-electron chi connectivity index (χ3n) is 13.1. The maximum atomic E-state index is 6.94. The van der Waals surface area contributed by atoms with Gasteiger partial charge in [0.1, 0.15) is 5.65 Å². The maximum absolute atomic E-state index is 6.94. The zero-order chi connectivity index (χ0) is 41.6. The minimum absolute atomic E-state index is 0. The maximum Gasteiger partial charge on any atom is 2.00 e. The molecule has 0 bridgehead atoms. The molecule has 0 saturated carbocycles. The van der Waals surface area contributed by atoms with Crippen molar-refractivity contribution in [2.45, 2.75) is 117 Å². The van der Waals surface area contributed by atoms with Crippen molar-refractivity contribution in [1.29, 1.82) is 0 Å². The molecule has 0 fully saturated rings. The van der Waals surface area contributed by atoms with E-state index in [0.717, 1.165) is 57.6 Å². The summed E-state index contributed by atoms with van der Waals surface area (Å²) in [6.07, 6.45) is 3.73. The van der Waals surface area contributed by atoms with Gasteiger partial charge in [-0.15, -0.1) is 35.4 Å². The van der Waals surface area contributed by atoms with E-state index in [-0.39, 0.29) is 32.0 Å². The van der Waals surface area contributed by atoms with Crippen LogP contribution in [0.25, 0.3) is 27.6 Å². The molecule has 0 spiro atoms. The Labute approximate surface area is 371 Å². The first kappa shape index (κ1) is 41.7. The van der Waals surface area contributed by atoms with E-state index in [9.17, 15) is 0 Å². The third-order valence-corrected chi connectivity index (χ3v) is 13.1. The number of fused-ring (bicyclic) bond motifs is 6. The van der Waals surface area contributed by atoms with Crippen molar-refractivity contribution in [3.8, 4) is 17.2 Å². The number of aromatic nitrogens is 2. The Morgan fingerprint density at radius 3 is 2.22 bits per heavy atom. The normalized spacial score (nSPS) is 18.6. The summed E-state index contributed by atoms with van der Waals surface area (Å²) in [5.41, 5.74) is 12.9. The molecule has 9 rings (SSSR count). The molecule has 3 heterocycles. The molecule has 60 heavy (non-hydrogen) atoms.